The number of aromatic nitrogens is 3. The average molecular weight is 521 g/mol. The van der Waals surface area contributed by atoms with Gasteiger partial charge in [-0.05, 0) is 31.2 Å². The Morgan fingerprint density at radius 3 is 2.76 bits per heavy atom. The molecule has 0 unspecified atom stereocenters. The molecule has 0 saturated carbocycles. The predicted octanol–water partition coefficient (Wildman–Crippen LogP) is 3.11. The minimum atomic E-state index is -0.830. The molecular weight excluding hydrogens is 495 g/mol. The molecular formula is C26H25FN6O5. The van der Waals surface area contributed by atoms with E-state index in [4.69, 9.17) is 4.74 Å². The van der Waals surface area contributed by atoms with Gasteiger partial charge in [-0.1, -0.05) is 0 Å². The van der Waals surface area contributed by atoms with E-state index in [-0.39, 0.29) is 48.1 Å². The molecule has 2 amide bonds. The smallest absolute Gasteiger partial charge is 0.306 e. The van der Waals surface area contributed by atoms with Gasteiger partial charge < -0.3 is 19.7 Å². The number of amides is 2. The van der Waals surface area contributed by atoms with E-state index in [0.717, 1.165) is 0 Å². The maximum atomic E-state index is 14.3. The van der Waals surface area contributed by atoms with Crippen LogP contribution < -0.4 is 10.1 Å². The number of rotatable bonds is 4. The standard InChI is InChI=1S/C26H25FN6O5/c1-14-18-10-16(27)5-6-17(18)26(36)32(2)13-19-24(20(11-28)33(3)31-19)15-9-21(38-14)25(29-12-15)30-22(34)7-8-23(35)37-4/h5-6,9-10,12,14H,7-8,13H2,1-4H3,(H,29,30,34)/t14-/m1/s1. The monoisotopic (exact) mass is 520 g/mol. The summed E-state index contributed by atoms with van der Waals surface area (Å²) in [7, 11) is 4.44. The van der Waals surface area contributed by atoms with Gasteiger partial charge in [0.2, 0.25) is 5.91 Å². The fourth-order valence-electron chi connectivity index (χ4n) is 4.22. The van der Waals surface area contributed by atoms with Gasteiger partial charge in [0.15, 0.2) is 11.6 Å². The van der Waals surface area contributed by atoms with Crippen LogP contribution in [0, 0.1) is 17.1 Å². The van der Waals surface area contributed by atoms with E-state index >= 15 is 0 Å². The number of fused-ring (bicyclic) bond motifs is 5. The lowest BCUT2D eigenvalue weighted by molar-refractivity contribution is -0.141. The van der Waals surface area contributed by atoms with E-state index in [1.54, 1.807) is 27.1 Å². The molecule has 1 N–H and O–H groups in total. The highest BCUT2D eigenvalue weighted by Crippen LogP contribution is 2.37. The van der Waals surface area contributed by atoms with Crippen molar-refractivity contribution in [2.24, 2.45) is 7.05 Å². The molecule has 1 aliphatic heterocycles. The van der Waals surface area contributed by atoms with Crippen molar-refractivity contribution in [2.45, 2.75) is 32.4 Å². The summed E-state index contributed by atoms with van der Waals surface area (Å²) in [6, 6.07) is 7.54. The summed E-state index contributed by atoms with van der Waals surface area (Å²) in [5, 5.41) is 16.9. The van der Waals surface area contributed by atoms with Crippen molar-refractivity contribution in [1.29, 1.82) is 5.26 Å². The van der Waals surface area contributed by atoms with Crippen LogP contribution in [0.5, 0.6) is 5.75 Å². The SMILES string of the molecule is COC(=O)CCC(=O)Nc1ncc2cc1O[C@H](C)c1cc(F)ccc1C(=O)N(C)Cc1nn(C)c(C#N)c1-2. The molecule has 196 valence electrons. The lowest BCUT2D eigenvalue weighted by Crippen LogP contribution is -2.28. The fourth-order valence-corrected chi connectivity index (χ4v) is 4.22. The first-order valence-corrected chi connectivity index (χ1v) is 11.7. The van der Waals surface area contributed by atoms with Crippen molar-refractivity contribution in [1.82, 2.24) is 19.7 Å². The van der Waals surface area contributed by atoms with Crippen LogP contribution in [0.1, 0.15) is 53.2 Å². The minimum Gasteiger partial charge on any atom is -0.482 e. The topological polar surface area (TPSA) is 139 Å². The first-order chi connectivity index (χ1) is 18.1. The number of ether oxygens (including phenoxy) is 2. The van der Waals surface area contributed by atoms with Crippen LogP contribution >= 0.6 is 0 Å². The Bertz CT molecular complexity index is 1480. The third kappa shape index (κ3) is 5.17. The van der Waals surface area contributed by atoms with Crippen LogP contribution in [0.2, 0.25) is 0 Å². The molecule has 3 aromatic rings. The number of hydrogen-bond acceptors (Lipinski definition) is 8. The van der Waals surface area contributed by atoms with Gasteiger partial charge >= 0.3 is 5.97 Å². The Morgan fingerprint density at radius 1 is 1.29 bits per heavy atom. The van der Waals surface area contributed by atoms with Crippen LogP contribution in [0.3, 0.4) is 0 Å². The number of pyridine rings is 1. The van der Waals surface area contributed by atoms with Crippen molar-refractivity contribution in [3.8, 4) is 22.9 Å². The van der Waals surface area contributed by atoms with Gasteiger partial charge in [0.1, 0.15) is 23.7 Å². The molecule has 2 aromatic heterocycles. The number of halogens is 1. The van der Waals surface area contributed by atoms with Gasteiger partial charge in [-0.2, -0.15) is 10.4 Å². The number of benzene rings is 1. The lowest BCUT2D eigenvalue weighted by atomic mass is 10.00. The summed E-state index contributed by atoms with van der Waals surface area (Å²) < 4.78 is 26.4. The molecule has 12 heteroatoms. The van der Waals surface area contributed by atoms with E-state index in [2.05, 4.69) is 26.2 Å². The first kappa shape index (κ1) is 26.3. The van der Waals surface area contributed by atoms with Gasteiger partial charge in [-0.15, -0.1) is 0 Å². The summed E-state index contributed by atoms with van der Waals surface area (Å²) in [5.74, 6) is -1.80. The second-order valence-corrected chi connectivity index (χ2v) is 8.75. The van der Waals surface area contributed by atoms with Crippen molar-refractivity contribution in [3.05, 3.63) is 58.8 Å². The molecule has 0 spiro atoms. The minimum absolute atomic E-state index is 0.0536. The maximum absolute atomic E-state index is 14.3. The fraction of sp³-hybridized carbons (Fsp3) is 0.308. The van der Waals surface area contributed by atoms with Crippen molar-refractivity contribution < 1.29 is 28.2 Å². The summed E-state index contributed by atoms with van der Waals surface area (Å²) >= 11 is 0. The number of nitrogens with zero attached hydrogens (tertiary/aromatic N) is 5. The van der Waals surface area contributed by atoms with Crippen molar-refractivity contribution >= 4 is 23.6 Å². The number of nitriles is 1. The molecule has 0 aliphatic carbocycles. The number of carbonyl (C=O) groups excluding carboxylic acids is 3. The Labute approximate surface area is 217 Å². The molecule has 1 atom stereocenters. The van der Waals surface area contributed by atoms with Gasteiger partial charge in [0.25, 0.3) is 5.91 Å². The summed E-state index contributed by atoms with van der Waals surface area (Å²) in [6.07, 6.45) is 0.352. The van der Waals surface area contributed by atoms with E-state index in [1.165, 1.54) is 41.1 Å². The third-order valence-electron chi connectivity index (χ3n) is 6.13. The highest BCUT2D eigenvalue weighted by molar-refractivity contribution is 5.96. The predicted molar refractivity (Wildman–Crippen MR) is 132 cm³/mol. The second kappa shape index (κ2) is 10.7. The number of esters is 1. The Balaban J connectivity index is 1.86. The van der Waals surface area contributed by atoms with Gasteiger partial charge in [-0.25, -0.2) is 9.37 Å². The van der Waals surface area contributed by atoms with Gasteiger partial charge in [0.05, 0.1) is 25.8 Å². The largest absolute Gasteiger partial charge is 0.482 e. The molecule has 4 rings (SSSR count). The van der Waals surface area contributed by atoms with Gasteiger partial charge in [-0.3, -0.25) is 19.1 Å². The molecule has 0 fully saturated rings. The zero-order valence-corrected chi connectivity index (χ0v) is 21.2. The third-order valence-corrected chi connectivity index (χ3v) is 6.13. The Hall–Kier alpha value is -4.79. The normalized spacial score (nSPS) is 14.7. The number of methoxy groups -OCH3 is 1. The molecule has 1 aromatic carbocycles. The number of hydrogen-bond donors (Lipinski definition) is 1. The summed E-state index contributed by atoms with van der Waals surface area (Å²) in [4.78, 5) is 43.1. The molecule has 1 aliphatic rings. The summed E-state index contributed by atoms with van der Waals surface area (Å²) in [6.45, 7) is 1.71. The van der Waals surface area contributed by atoms with Crippen molar-refractivity contribution in [3.63, 3.8) is 0 Å². The van der Waals surface area contributed by atoms with E-state index in [1.807, 2.05) is 0 Å². The highest BCUT2D eigenvalue weighted by atomic mass is 19.1. The maximum Gasteiger partial charge on any atom is 0.306 e. The second-order valence-electron chi connectivity index (χ2n) is 8.75. The quantitative estimate of drug-likeness (QED) is 0.518. The molecule has 11 nitrogen and oxygen atoms in total. The summed E-state index contributed by atoms with van der Waals surface area (Å²) in [5.41, 5.74) is 2.15. The van der Waals surface area contributed by atoms with E-state index < -0.39 is 23.8 Å². The number of carbonyl (C=O) groups is 3. The van der Waals surface area contributed by atoms with Crippen LogP contribution in [0.25, 0.3) is 11.1 Å². The van der Waals surface area contributed by atoms with Crippen LogP contribution in [-0.2, 0) is 27.9 Å². The molecule has 0 radical (unpaired) electrons. The van der Waals surface area contributed by atoms with Gasteiger partial charge in [0, 0.05) is 49.0 Å². The number of nitrogens with one attached hydrogen (secondary N) is 1. The van der Waals surface area contributed by atoms with Crippen LogP contribution in [-0.4, -0.2) is 51.6 Å². The van der Waals surface area contributed by atoms with Crippen LogP contribution in [0.4, 0.5) is 10.2 Å². The Morgan fingerprint density at radius 2 is 2.05 bits per heavy atom. The van der Waals surface area contributed by atoms with Crippen molar-refractivity contribution in [2.75, 3.05) is 19.5 Å². The molecule has 2 bridgehead atoms. The molecule has 3 heterocycles. The Kier molecular flexibility index (Phi) is 7.38. The number of aryl methyl sites for hydroxylation is 1. The lowest BCUT2D eigenvalue weighted by Gasteiger charge is -2.24. The molecule has 38 heavy (non-hydrogen) atoms. The number of anilines is 1. The van der Waals surface area contributed by atoms with Crippen LogP contribution in [0.15, 0.2) is 30.5 Å². The zero-order chi connectivity index (χ0) is 27.6. The van der Waals surface area contributed by atoms with E-state index in [9.17, 15) is 24.0 Å². The highest BCUT2D eigenvalue weighted by Gasteiger charge is 2.27. The van der Waals surface area contributed by atoms with E-state index in [0.29, 0.717) is 22.4 Å². The average Bonchev–Trinajstić information content (AvgIpc) is 3.21. The zero-order valence-electron chi connectivity index (χ0n) is 21.2. The molecule has 0 saturated heterocycles. The first-order valence-electron chi connectivity index (χ1n) is 11.7.